The van der Waals surface area contributed by atoms with Gasteiger partial charge in [-0.25, -0.2) is 9.97 Å². The molecule has 0 spiro atoms. The normalized spacial score (nSPS) is 23.1. The molecule has 0 saturated carbocycles. The minimum absolute atomic E-state index is 0.0528. The Balaban J connectivity index is 1.51. The molecule has 136 valence electrons. The van der Waals surface area contributed by atoms with Crippen molar-refractivity contribution in [2.45, 2.75) is 39.3 Å². The van der Waals surface area contributed by atoms with Crippen LogP contribution in [0.2, 0.25) is 0 Å². The zero-order chi connectivity index (χ0) is 18.1. The third kappa shape index (κ3) is 3.63. The maximum Gasteiger partial charge on any atom is 0.272 e. The van der Waals surface area contributed by atoms with Gasteiger partial charge in [0, 0.05) is 37.9 Å². The molecule has 5 heteroatoms. The van der Waals surface area contributed by atoms with Crippen molar-refractivity contribution < 1.29 is 4.79 Å². The zero-order valence-corrected chi connectivity index (χ0v) is 15.6. The van der Waals surface area contributed by atoms with E-state index in [4.69, 9.17) is 0 Å². The molecule has 2 aromatic rings. The molecular formula is C21H26N4O. The summed E-state index contributed by atoms with van der Waals surface area (Å²) in [4.78, 5) is 26.3. The molecule has 2 bridgehead atoms. The zero-order valence-electron chi connectivity index (χ0n) is 15.6. The van der Waals surface area contributed by atoms with Gasteiger partial charge in [-0.15, -0.1) is 0 Å². The van der Waals surface area contributed by atoms with Gasteiger partial charge in [0.2, 0.25) is 0 Å². The van der Waals surface area contributed by atoms with E-state index in [0.29, 0.717) is 23.5 Å². The molecule has 3 fully saturated rings. The van der Waals surface area contributed by atoms with Crippen LogP contribution >= 0.6 is 0 Å². The van der Waals surface area contributed by atoms with E-state index in [0.717, 1.165) is 31.9 Å². The van der Waals surface area contributed by atoms with E-state index in [2.05, 4.69) is 45.2 Å². The highest BCUT2D eigenvalue weighted by Crippen LogP contribution is 2.29. The van der Waals surface area contributed by atoms with E-state index in [9.17, 15) is 4.79 Å². The van der Waals surface area contributed by atoms with Gasteiger partial charge in [-0.3, -0.25) is 9.69 Å². The van der Waals surface area contributed by atoms with Gasteiger partial charge in [0.15, 0.2) is 0 Å². The number of fused-ring (bicyclic) bond motifs is 4. The Morgan fingerprint density at radius 3 is 2.65 bits per heavy atom. The van der Waals surface area contributed by atoms with Crippen molar-refractivity contribution in [2.24, 2.45) is 5.92 Å². The molecule has 1 aromatic heterocycles. The van der Waals surface area contributed by atoms with Crippen LogP contribution in [-0.4, -0.2) is 51.4 Å². The topological polar surface area (TPSA) is 49.3 Å². The summed E-state index contributed by atoms with van der Waals surface area (Å²) >= 11 is 0. The van der Waals surface area contributed by atoms with Gasteiger partial charge in [-0.1, -0.05) is 30.3 Å². The van der Waals surface area contributed by atoms with Gasteiger partial charge in [-0.2, -0.15) is 0 Å². The van der Waals surface area contributed by atoms with Crippen LogP contribution in [0.25, 0.3) is 0 Å². The number of carbonyl (C=O) groups is 1. The lowest BCUT2D eigenvalue weighted by Crippen LogP contribution is -2.44. The van der Waals surface area contributed by atoms with Crippen molar-refractivity contribution in [3.8, 4) is 0 Å². The molecule has 2 atom stereocenters. The first-order valence-corrected chi connectivity index (χ1v) is 9.48. The molecule has 3 saturated heterocycles. The predicted molar refractivity (Wildman–Crippen MR) is 101 cm³/mol. The molecule has 0 aliphatic carbocycles. The van der Waals surface area contributed by atoms with Crippen LogP contribution < -0.4 is 0 Å². The fourth-order valence-electron chi connectivity index (χ4n) is 4.34. The summed E-state index contributed by atoms with van der Waals surface area (Å²) < 4.78 is 0. The van der Waals surface area contributed by atoms with E-state index < -0.39 is 0 Å². The lowest BCUT2D eigenvalue weighted by molar-refractivity contribution is 0.0729. The molecule has 1 aromatic carbocycles. The fraction of sp³-hybridized carbons (Fsp3) is 0.476. The molecule has 4 heterocycles. The van der Waals surface area contributed by atoms with E-state index in [1.165, 1.54) is 18.4 Å². The Bertz CT molecular complexity index is 772. The number of piperidine rings is 1. The lowest BCUT2D eigenvalue weighted by Gasteiger charge is -2.36. The average Bonchev–Trinajstić information content (AvgIpc) is 2.93. The first-order chi connectivity index (χ1) is 12.6. The summed E-state index contributed by atoms with van der Waals surface area (Å²) in [5.74, 6) is 1.26. The highest BCUT2D eigenvalue weighted by Gasteiger charge is 2.36. The number of aromatic nitrogens is 2. The number of aryl methyl sites for hydroxylation is 2. The quantitative estimate of drug-likeness (QED) is 0.854. The number of rotatable bonds is 3. The summed E-state index contributed by atoms with van der Waals surface area (Å²) in [6, 6.07) is 12.9. The van der Waals surface area contributed by atoms with Crippen LogP contribution in [0.4, 0.5) is 0 Å². The van der Waals surface area contributed by atoms with Crippen LogP contribution in [0.5, 0.6) is 0 Å². The molecule has 26 heavy (non-hydrogen) atoms. The Morgan fingerprint density at radius 2 is 1.88 bits per heavy atom. The lowest BCUT2D eigenvalue weighted by atomic mass is 9.94. The second-order valence-corrected chi connectivity index (χ2v) is 7.66. The van der Waals surface area contributed by atoms with Crippen LogP contribution in [0.1, 0.15) is 40.4 Å². The van der Waals surface area contributed by atoms with Crippen molar-refractivity contribution in [3.63, 3.8) is 0 Å². The van der Waals surface area contributed by atoms with Crippen LogP contribution in [0.3, 0.4) is 0 Å². The Hall–Kier alpha value is -2.27. The monoisotopic (exact) mass is 350 g/mol. The first-order valence-electron chi connectivity index (χ1n) is 9.48. The Kier molecular flexibility index (Phi) is 4.72. The van der Waals surface area contributed by atoms with Crippen molar-refractivity contribution >= 4 is 5.91 Å². The molecule has 1 amide bonds. The molecular weight excluding hydrogens is 324 g/mol. The van der Waals surface area contributed by atoms with E-state index in [-0.39, 0.29) is 5.91 Å². The van der Waals surface area contributed by atoms with Crippen molar-refractivity contribution in [1.29, 1.82) is 0 Å². The van der Waals surface area contributed by atoms with Gasteiger partial charge >= 0.3 is 0 Å². The van der Waals surface area contributed by atoms with Crippen LogP contribution in [0.15, 0.2) is 36.4 Å². The first kappa shape index (κ1) is 17.2. The Labute approximate surface area is 155 Å². The standard InChI is InChI=1S/C21H26N4O/c1-15-10-20(23-16(2)22-15)21(26)25-13-18-8-9-19(14-25)24(12-18)11-17-6-4-3-5-7-17/h3-7,10,18-19H,8-9,11-14H2,1-2H3/t18-,19-/m1/s1. The minimum atomic E-state index is 0.0528. The van der Waals surface area contributed by atoms with Gasteiger partial charge in [0.1, 0.15) is 11.5 Å². The molecule has 3 aliphatic heterocycles. The summed E-state index contributed by atoms with van der Waals surface area (Å²) in [6.07, 6.45) is 2.38. The highest BCUT2D eigenvalue weighted by atomic mass is 16.2. The SMILES string of the molecule is Cc1cc(C(=O)N2C[C@@H]3CC[C@H](C2)N(Cc2ccccc2)C3)nc(C)n1. The van der Waals surface area contributed by atoms with Gasteiger partial charge < -0.3 is 4.90 Å². The van der Waals surface area contributed by atoms with Gasteiger partial charge in [0.05, 0.1) is 0 Å². The number of benzene rings is 1. The highest BCUT2D eigenvalue weighted by molar-refractivity contribution is 5.92. The summed E-state index contributed by atoms with van der Waals surface area (Å²) in [7, 11) is 0. The molecule has 5 rings (SSSR count). The summed E-state index contributed by atoms with van der Waals surface area (Å²) in [6.45, 7) is 7.44. The van der Waals surface area contributed by atoms with Crippen molar-refractivity contribution in [1.82, 2.24) is 19.8 Å². The molecule has 0 radical (unpaired) electrons. The number of hydrogen-bond donors (Lipinski definition) is 0. The minimum Gasteiger partial charge on any atom is -0.335 e. The number of nitrogens with zero attached hydrogens (tertiary/aromatic N) is 4. The van der Waals surface area contributed by atoms with E-state index >= 15 is 0 Å². The number of amides is 1. The third-order valence-electron chi connectivity index (χ3n) is 5.53. The average molecular weight is 350 g/mol. The van der Waals surface area contributed by atoms with Crippen molar-refractivity contribution in [3.05, 3.63) is 59.2 Å². The third-order valence-corrected chi connectivity index (χ3v) is 5.53. The van der Waals surface area contributed by atoms with E-state index in [1.807, 2.05) is 24.8 Å². The van der Waals surface area contributed by atoms with Gasteiger partial charge in [-0.05, 0) is 44.2 Å². The summed E-state index contributed by atoms with van der Waals surface area (Å²) in [5.41, 5.74) is 2.73. The van der Waals surface area contributed by atoms with Crippen molar-refractivity contribution in [2.75, 3.05) is 19.6 Å². The molecule has 3 aliphatic rings. The van der Waals surface area contributed by atoms with Crippen LogP contribution in [-0.2, 0) is 6.54 Å². The molecule has 0 N–H and O–H groups in total. The smallest absolute Gasteiger partial charge is 0.272 e. The number of carbonyl (C=O) groups excluding carboxylic acids is 1. The molecule has 5 nitrogen and oxygen atoms in total. The maximum absolute atomic E-state index is 13.1. The van der Waals surface area contributed by atoms with Gasteiger partial charge in [0.25, 0.3) is 5.91 Å². The summed E-state index contributed by atoms with van der Waals surface area (Å²) in [5, 5.41) is 0. The second-order valence-electron chi connectivity index (χ2n) is 7.66. The largest absolute Gasteiger partial charge is 0.335 e. The van der Waals surface area contributed by atoms with E-state index in [1.54, 1.807) is 0 Å². The Morgan fingerprint density at radius 1 is 1.08 bits per heavy atom. The predicted octanol–water partition coefficient (Wildman–Crippen LogP) is 2.83. The molecule has 0 unspecified atom stereocenters. The second kappa shape index (κ2) is 7.16. The fourth-order valence-corrected chi connectivity index (χ4v) is 4.34. The van der Waals surface area contributed by atoms with Crippen LogP contribution in [0, 0.1) is 19.8 Å². The maximum atomic E-state index is 13.1. The number of hydrogen-bond acceptors (Lipinski definition) is 4.